The SMILES string of the molecule is C[C@H](N)C[C@H](Oc1ccc(C(F)(F)F)cc1)c1ccccc1. The molecular weight excluding hydrogens is 291 g/mol. The normalized spacial score (nSPS) is 14.4. The van der Waals surface area contributed by atoms with E-state index >= 15 is 0 Å². The molecule has 2 rings (SSSR count). The first-order valence-electron chi connectivity index (χ1n) is 7.00. The van der Waals surface area contributed by atoms with E-state index in [4.69, 9.17) is 10.5 Å². The lowest BCUT2D eigenvalue weighted by atomic mass is 10.0. The number of alkyl halides is 3. The van der Waals surface area contributed by atoms with Gasteiger partial charge in [-0.25, -0.2) is 0 Å². The third kappa shape index (κ3) is 4.49. The summed E-state index contributed by atoms with van der Waals surface area (Å²) in [5, 5.41) is 0. The second-order valence-corrected chi connectivity index (χ2v) is 5.25. The molecule has 0 radical (unpaired) electrons. The van der Waals surface area contributed by atoms with Crippen molar-refractivity contribution in [1.29, 1.82) is 0 Å². The Hall–Kier alpha value is -2.01. The van der Waals surface area contributed by atoms with Gasteiger partial charge < -0.3 is 10.5 Å². The van der Waals surface area contributed by atoms with Crippen molar-refractivity contribution in [3.05, 3.63) is 65.7 Å². The predicted molar refractivity (Wildman–Crippen MR) is 79.5 cm³/mol. The van der Waals surface area contributed by atoms with Crippen LogP contribution in [0, 0.1) is 0 Å². The summed E-state index contributed by atoms with van der Waals surface area (Å²) in [7, 11) is 0. The molecule has 0 aliphatic heterocycles. The van der Waals surface area contributed by atoms with E-state index in [-0.39, 0.29) is 12.1 Å². The second-order valence-electron chi connectivity index (χ2n) is 5.25. The van der Waals surface area contributed by atoms with Crippen molar-refractivity contribution in [2.75, 3.05) is 0 Å². The summed E-state index contributed by atoms with van der Waals surface area (Å²) in [5.41, 5.74) is 6.09. The van der Waals surface area contributed by atoms with Crippen LogP contribution in [-0.2, 0) is 6.18 Å². The monoisotopic (exact) mass is 309 g/mol. The summed E-state index contributed by atoms with van der Waals surface area (Å²) < 4.78 is 43.5. The van der Waals surface area contributed by atoms with Crippen LogP contribution in [0.4, 0.5) is 13.2 Å². The van der Waals surface area contributed by atoms with Crippen LogP contribution in [0.2, 0.25) is 0 Å². The van der Waals surface area contributed by atoms with Crippen molar-refractivity contribution in [2.45, 2.75) is 31.7 Å². The molecule has 0 aliphatic rings. The van der Waals surface area contributed by atoms with Gasteiger partial charge in [0.2, 0.25) is 0 Å². The van der Waals surface area contributed by atoms with Crippen molar-refractivity contribution in [1.82, 2.24) is 0 Å². The van der Waals surface area contributed by atoms with Gasteiger partial charge in [-0.3, -0.25) is 0 Å². The number of ether oxygens (including phenoxy) is 1. The zero-order valence-corrected chi connectivity index (χ0v) is 12.2. The van der Waals surface area contributed by atoms with E-state index in [1.54, 1.807) is 0 Å². The van der Waals surface area contributed by atoms with E-state index in [9.17, 15) is 13.2 Å². The second kappa shape index (κ2) is 6.83. The minimum Gasteiger partial charge on any atom is -0.486 e. The highest BCUT2D eigenvalue weighted by Crippen LogP contribution is 2.32. The summed E-state index contributed by atoms with van der Waals surface area (Å²) in [6, 6.07) is 14.1. The fourth-order valence-electron chi connectivity index (χ4n) is 2.14. The third-order valence-electron chi connectivity index (χ3n) is 3.22. The molecule has 0 saturated heterocycles. The largest absolute Gasteiger partial charge is 0.486 e. The molecule has 0 unspecified atom stereocenters. The fraction of sp³-hybridized carbons (Fsp3) is 0.294. The quantitative estimate of drug-likeness (QED) is 0.878. The maximum atomic E-state index is 12.6. The Morgan fingerprint density at radius 3 is 2.09 bits per heavy atom. The lowest BCUT2D eigenvalue weighted by Gasteiger charge is -2.21. The molecule has 0 aliphatic carbocycles. The Morgan fingerprint density at radius 2 is 1.59 bits per heavy atom. The Labute approximate surface area is 127 Å². The standard InChI is InChI=1S/C17H18F3NO/c1-12(21)11-16(13-5-3-2-4-6-13)22-15-9-7-14(8-10-15)17(18,19)20/h2-10,12,16H,11,21H2,1H3/t12-,16-/m0/s1. The minimum atomic E-state index is -4.34. The molecule has 2 atom stereocenters. The van der Waals surface area contributed by atoms with Crippen LogP contribution in [0.3, 0.4) is 0 Å². The number of rotatable bonds is 5. The zero-order valence-electron chi connectivity index (χ0n) is 12.2. The molecule has 2 aromatic carbocycles. The van der Waals surface area contributed by atoms with Gasteiger partial charge in [-0.1, -0.05) is 30.3 Å². The Bertz CT molecular complexity index is 579. The van der Waals surface area contributed by atoms with Crippen molar-refractivity contribution in [3.8, 4) is 5.75 Å². The van der Waals surface area contributed by atoms with E-state index in [0.29, 0.717) is 12.2 Å². The topological polar surface area (TPSA) is 35.2 Å². The highest BCUT2D eigenvalue weighted by molar-refractivity contribution is 5.30. The molecule has 0 heterocycles. The van der Waals surface area contributed by atoms with Crippen molar-refractivity contribution in [3.63, 3.8) is 0 Å². The van der Waals surface area contributed by atoms with E-state index in [2.05, 4.69) is 0 Å². The van der Waals surface area contributed by atoms with E-state index < -0.39 is 11.7 Å². The highest BCUT2D eigenvalue weighted by Gasteiger charge is 2.30. The molecule has 0 amide bonds. The Morgan fingerprint density at radius 1 is 1.00 bits per heavy atom. The predicted octanol–water partition coefficient (Wildman–Crippen LogP) is 4.56. The Kier molecular flexibility index (Phi) is 5.08. The fourth-order valence-corrected chi connectivity index (χ4v) is 2.14. The smallest absolute Gasteiger partial charge is 0.416 e. The first kappa shape index (κ1) is 16.4. The molecule has 2 nitrogen and oxygen atoms in total. The Balaban J connectivity index is 2.17. The van der Waals surface area contributed by atoms with Crippen LogP contribution in [0.25, 0.3) is 0 Å². The molecular formula is C17H18F3NO. The van der Waals surface area contributed by atoms with Crippen LogP contribution in [0.15, 0.2) is 54.6 Å². The van der Waals surface area contributed by atoms with Crippen molar-refractivity contribution >= 4 is 0 Å². The third-order valence-corrected chi connectivity index (χ3v) is 3.22. The molecule has 118 valence electrons. The molecule has 0 saturated carbocycles. The van der Waals surface area contributed by atoms with E-state index in [1.807, 2.05) is 37.3 Å². The van der Waals surface area contributed by atoms with E-state index in [1.165, 1.54) is 12.1 Å². The van der Waals surface area contributed by atoms with Crippen LogP contribution in [-0.4, -0.2) is 6.04 Å². The van der Waals surface area contributed by atoms with Crippen LogP contribution >= 0.6 is 0 Å². The molecule has 2 N–H and O–H groups in total. The molecule has 2 aromatic rings. The number of halogens is 3. The van der Waals surface area contributed by atoms with Gasteiger partial charge in [0.15, 0.2) is 0 Å². The lowest BCUT2D eigenvalue weighted by molar-refractivity contribution is -0.137. The van der Waals surface area contributed by atoms with Crippen LogP contribution in [0.1, 0.15) is 30.6 Å². The number of benzene rings is 2. The molecule has 0 spiro atoms. The van der Waals surface area contributed by atoms with Gasteiger partial charge in [0.1, 0.15) is 11.9 Å². The number of hydrogen-bond acceptors (Lipinski definition) is 2. The average molecular weight is 309 g/mol. The van der Waals surface area contributed by atoms with Gasteiger partial charge in [-0.2, -0.15) is 13.2 Å². The minimum absolute atomic E-state index is 0.0837. The van der Waals surface area contributed by atoms with Gasteiger partial charge in [0, 0.05) is 12.5 Å². The highest BCUT2D eigenvalue weighted by atomic mass is 19.4. The summed E-state index contributed by atoms with van der Waals surface area (Å²) >= 11 is 0. The lowest BCUT2D eigenvalue weighted by Crippen LogP contribution is -2.21. The van der Waals surface area contributed by atoms with Crippen LogP contribution in [0.5, 0.6) is 5.75 Å². The molecule has 0 bridgehead atoms. The van der Waals surface area contributed by atoms with Crippen LogP contribution < -0.4 is 10.5 Å². The van der Waals surface area contributed by atoms with Gasteiger partial charge in [-0.05, 0) is 36.8 Å². The maximum absolute atomic E-state index is 12.6. The number of hydrogen-bond donors (Lipinski definition) is 1. The molecule has 0 aromatic heterocycles. The van der Waals surface area contributed by atoms with Gasteiger partial charge in [0.05, 0.1) is 5.56 Å². The van der Waals surface area contributed by atoms with Crippen molar-refractivity contribution in [2.24, 2.45) is 5.73 Å². The average Bonchev–Trinajstić information content (AvgIpc) is 2.47. The molecule has 22 heavy (non-hydrogen) atoms. The van der Waals surface area contributed by atoms with E-state index in [0.717, 1.165) is 17.7 Å². The summed E-state index contributed by atoms with van der Waals surface area (Å²) in [6.45, 7) is 1.87. The summed E-state index contributed by atoms with van der Waals surface area (Å²) in [6.07, 6.45) is -4.06. The number of nitrogens with two attached hydrogens (primary N) is 1. The molecule has 5 heteroatoms. The first-order chi connectivity index (χ1) is 10.4. The summed E-state index contributed by atoms with van der Waals surface area (Å²) in [5.74, 6) is 0.391. The first-order valence-corrected chi connectivity index (χ1v) is 7.00. The van der Waals surface area contributed by atoms with Gasteiger partial charge >= 0.3 is 6.18 Å². The van der Waals surface area contributed by atoms with Gasteiger partial charge in [0.25, 0.3) is 0 Å². The molecule has 0 fully saturated rings. The summed E-state index contributed by atoms with van der Waals surface area (Å²) in [4.78, 5) is 0. The van der Waals surface area contributed by atoms with Crippen molar-refractivity contribution < 1.29 is 17.9 Å². The zero-order chi connectivity index (χ0) is 16.2. The maximum Gasteiger partial charge on any atom is 0.416 e. The van der Waals surface area contributed by atoms with Gasteiger partial charge in [-0.15, -0.1) is 0 Å².